The van der Waals surface area contributed by atoms with Crippen LogP contribution < -0.4 is 0 Å². The third-order valence-corrected chi connectivity index (χ3v) is 3.80. The van der Waals surface area contributed by atoms with Crippen molar-refractivity contribution >= 4 is 0 Å². The SMILES string of the molecule is CC(C)C1(C(C)(C)C)CC(O)C1. The van der Waals surface area contributed by atoms with Gasteiger partial charge >= 0.3 is 0 Å². The molecule has 0 aliphatic heterocycles. The van der Waals surface area contributed by atoms with Crippen molar-refractivity contribution in [2.24, 2.45) is 16.7 Å². The van der Waals surface area contributed by atoms with Crippen LogP contribution >= 0.6 is 0 Å². The predicted molar refractivity (Wildman–Crippen MR) is 52.0 cm³/mol. The van der Waals surface area contributed by atoms with E-state index >= 15 is 0 Å². The van der Waals surface area contributed by atoms with Gasteiger partial charge in [-0.05, 0) is 29.6 Å². The van der Waals surface area contributed by atoms with Crippen LogP contribution in [-0.4, -0.2) is 11.2 Å². The first-order valence-corrected chi connectivity index (χ1v) is 4.98. The molecule has 1 saturated carbocycles. The molecule has 0 heterocycles. The first kappa shape index (κ1) is 10.0. The van der Waals surface area contributed by atoms with E-state index in [-0.39, 0.29) is 6.10 Å². The Kier molecular flexibility index (Phi) is 2.28. The van der Waals surface area contributed by atoms with Crippen LogP contribution in [0.4, 0.5) is 0 Å². The van der Waals surface area contributed by atoms with Crippen molar-refractivity contribution in [3.05, 3.63) is 0 Å². The second-order valence-electron chi connectivity index (χ2n) is 5.62. The molecule has 1 heteroatoms. The molecule has 0 amide bonds. The van der Waals surface area contributed by atoms with Crippen molar-refractivity contribution in [2.45, 2.75) is 53.6 Å². The minimum atomic E-state index is -0.0355. The molecule has 72 valence electrons. The predicted octanol–water partition coefficient (Wildman–Crippen LogP) is 2.83. The van der Waals surface area contributed by atoms with E-state index in [0.29, 0.717) is 16.7 Å². The van der Waals surface area contributed by atoms with Gasteiger partial charge in [0.15, 0.2) is 0 Å². The van der Waals surface area contributed by atoms with Crippen molar-refractivity contribution < 1.29 is 5.11 Å². The fourth-order valence-corrected chi connectivity index (χ4v) is 2.73. The molecule has 1 nitrogen and oxygen atoms in total. The molecule has 0 aromatic rings. The summed E-state index contributed by atoms with van der Waals surface area (Å²) in [6, 6.07) is 0. The molecule has 0 spiro atoms. The van der Waals surface area contributed by atoms with Crippen LogP contribution in [0.2, 0.25) is 0 Å². The third kappa shape index (κ3) is 1.28. The molecule has 0 unspecified atom stereocenters. The molecule has 0 bridgehead atoms. The van der Waals surface area contributed by atoms with Crippen molar-refractivity contribution in [3.8, 4) is 0 Å². The van der Waals surface area contributed by atoms with Gasteiger partial charge in [0, 0.05) is 0 Å². The lowest BCUT2D eigenvalue weighted by atomic mass is 9.49. The Hall–Kier alpha value is -0.0400. The monoisotopic (exact) mass is 170 g/mol. The molecule has 0 aromatic heterocycles. The highest BCUT2D eigenvalue weighted by atomic mass is 16.3. The molecule has 1 rings (SSSR count). The summed E-state index contributed by atoms with van der Waals surface area (Å²) in [4.78, 5) is 0. The summed E-state index contributed by atoms with van der Waals surface area (Å²) >= 11 is 0. The molecular formula is C11H22O. The Bertz CT molecular complexity index is 158. The Morgan fingerprint density at radius 2 is 1.67 bits per heavy atom. The molecule has 0 aromatic carbocycles. The average Bonchev–Trinajstić information content (AvgIpc) is 1.76. The van der Waals surface area contributed by atoms with Gasteiger partial charge in [0.25, 0.3) is 0 Å². The number of rotatable bonds is 1. The maximum absolute atomic E-state index is 9.40. The lowest BCUT2D eigenvalue weighted by Crippen LogP contribution is -2.52. The van der Waals surface area contributed by atoms with Gasteiger partial charge in [-0.15, -0.1) is 0 Å². The van der Waals surface area contributed by atoms with Gasteiger partial charge in [0.1, 0.15) is 0 Å². The zero-order valence-corrected chi connectivity index (χ0v) is 9.02. The second-order valence-corrected chi connectivity index (χ2v) is 5.62. The van der Waals surface area contributed by atoms with Crippen molar-refractivity contribution in [1.82, 2.24) is 0 Å². The Morgan fingerprint density at radius 1 is 1.25 bits per heavy atom. The van der Waals surface area contributed by atoms with Crippen molar-refractivity contribution in [1.29, 1.82) is 0 Å². The molecule has 1 aliphatic rings. The fraction of sp³-hybridized carbons (Fsp3) is 1.00. The van der Waals surface area contributed by atoms with E-state index in [0.717, 1.165) is 12.8 Å². The number of hydrogen-bond donors (Lipinski definition) is 1. The molecule has 1 fully saturated rings. The van der Waals surface area contributed by atoms with Gasteiger partial charge in [0.2, 0.25) is 0 Å². The molecular weight excluding hydrogens is 148 g/mol. The van der Waals surface area contributed by atoms with E-state index in [1.165, 1.54) is 0 Å². The summed E-state index contributed by atoms with van der Waals surface area (Å²) in [5.41, 5.74) is 0.715. The van der Waals surface area contributed by atoms with E-state index in [1.54, 1.807) is 0 Å². The summed E-state index contributed by atoms with van der Waals surface area (Å²) < 4.78 is 0. The second kappa shape index (κ2) is 2.73. The lowest BCUT2D eigenvalue weighted by Gasteiger charge is -2.57. The highest BCUT2D eigenvalue weighted by Crippen LogP contribution is 2.58. The van der Waals surface area contributed by atoms with Crippen LogP contribution in [0.15, 0.2) is 0 Å². The van der Waals surface area contributed by atoms with Gasteiger partial charge in [-0.2, -0.15) is 0 Å². The van der Waals surface area contributed by atoms with Crippen molar-refractivity contribution in [3.63, 3.8) is 0 Å². The first-order chi connectivity index (χ1) is 5.29. The smallest absolute Gasteiger partial charge is 0.0551 e. The first-order valence-electron chi connectivity index (χ1n) is 4.98. The fourth-order valence-electron chi connectivity index (χ4n) is 2.73. The molecule has 1 N–H and O–H groups in total. The highest BCUT2D eigenvalue weighted by molar-refractivity contribution is 5.02. The van der Waals surface area contributed by atoms with E-state index in [9.17, 15) is 5.11 Å². The van der Waals surface area contributed by atoms with E-state index in [4.69, 9.17) is 0 Å². The lowest BCUT2D eigenvalue weighted by molar-refractivity contribution is -0.129. The van der Waals surface area contributed by atoms with Crippen LogP contribution in [0, 0.1) is 16.7 Å². The number of aliphatic hydroxyl groups is 1. The molecule has 1 aliphatic carbocycles. The minimum absolute atomic E-state index is 0.0355. The van der Waals surface area contributed by atoms with Crippen LogP contribution in [0.1, 0.15) is 47.5 Å². The van der Waals surface area contributed by atoms with Crippen LogP contribution in [0.3, 0.4) is 0 Å². The van der Waals surface area contributed by atoms with E-state index in [1.807, 2.05) is 0 Å². The van der Waals surface area contributed by atoms with Crippen LogP contribution in [-0.2, 0) is 0 Å². The van der Waals surface area contributed by atoms with E-state index in [2.05, 4.69) is 34.6 Å². The third-order valence-electron chi connectivity index (χ3n) is 3.80. The molecule has 0 radical (unpaired) electrons. The average molecular weight is 170 g/mol. The topological polar surface area (TPSA) is 20.2 Å². The normalized spacial score (nSPS) is 36.8. The summed E-state index contributed by atoms with van der Waals surface area (Å²) in [5, 5.41) is 9.40. The van der Waals surface area contributed by atoms with Gasteiger partial charge in [-0.1, -0.05) is 34.6 Å². The standard InChI is InChI=1S/C11H22O/c1-8(2)11(10(3,4)5)6-9(12)7-11/h8-9,12H,6-7H2,1-5H3. The number of hydrogen-bond acceptors (Lipinski definition) is 1. The highest BCUT2D eigenvalue weighted by Gasteiger charge is 2.52. The van der Waals surface area contributed by atoms with Crippen LogP contribution in [0.5, 0.6) is 0 Å². The molecule has 0 atom stereocenters. The van der Waals surface area contributed by atoms with Gasteiger partial charge in [-0.25, -0.2) is 0 Å². The minimum Gasteiger partial charge on any atom is -0.393 e. The summed E-state index contributed by atoms with van der Waals surface area (Å²) in [6.45, 7) is 11.4. The maximum Gasteiger partial charge on any atom is 0.0551 e. The van der Waals surface area contributed by atoms with Crippen molar-refractivity contribution in [2.75, 3.05) is 0 Å². The maximum atomic E-state index is 9.40. The van der Waals surface area contributed by atoms with Crippen LogP contribution in [0.25, 0.3) is 0 Å². The van der Waals surface area contributed by atoms with Gasteiger partial charge in [-0.3, -0.25) is 0 Å². The van der Waals surface area contributed by atoms with Gasteiger partial charge < -0.3 is 5.11 Å². The molecule has 0 saturated heterocycles. The quantitative estimate of drug-likeness (QED) is 0.641. The Balaban J connectivity index is 2.77. The molecule has 12 heavy (non-hydrogen) atoms. The number of aliphatic hydroxyl groups excluding tert-OH is 1. The summed E-state index contributed by atoms with van der Waals surface area (Å²) in [7, 11) is 0. The Morgan fingerprint density at radius 3 is 1.75 bits per heavy atom. The zero-order chi connectivity index (χ0) is 9.57. The summed E-state index contributed by atoms with van der Waals surface area (Å²) in [5.74, 6) is 0.681. The van der Waals surface area contributed by atoms with Gasteiger partial charge in [0.05, 0.1) is 6.10 Å². The van der Waals surface area contributed by atoms with E-state index < -0.39 is 0 Å². The zero-order valence-electron chi connectivity index (χ0n) is 9.02. The largest absolute Gasteiger partial charge is 0.393 e. The Labute approximate surface area is 76.2 Å². The summed E-state index contributed by atoms with van der Waals surface area (Å²) in [6.07, 6.45) is 1.95.